The second kappa shape index (κ2) is 8.66. The van der Waals surface area contributed by atoms with Crippen molar-refractivity contribution in [3.05, 3.63) is 52.8 Å². The molecule has 1 amide bonds. The Morgan fingerprint density at radius 2 is 2.00 bits per heavy atom. The zero-order chi connectivity index (χ0) is 20.1. The van der Waals surface area contributed by atoms with Crippen LogP contribution in [0.2, 0.25) is 0 Å². The molecule has 0 radical (unpaired) electrons. The first-order valence-electron chi connectivity index (χ1n) is 8.72. The van der Waals surface area contributed by atoms with Crippen molar-refractivity contribution in [2.24, 2.45) is 0 Å². The van der Waals surface area contributed by atoms with Gasteiger partial charge in [-0.2, -0.15) is 0 Å². The Hall–Kier alpha value is -3.20. The lowest BCUT2D eigenvalue weighted by atomic mass is 10.2. The van der Waals surface area contributed by atoms with E-state index < -0.39 is 24.5 Å². The van der Waals surface area contributed by atoms with E-state index in [4.69, 9.17) is 9.47 Å². The number of esters is 2. The van der Waals surface area contributed by atoms with Crippen LogP contribution in [-0.2, 0) is 20.7 Å². The van der Waals surface area contributed by atoms with Crippen LogP contribution in [0, 0.1) is 0 Å². The predicted octanol–water partition coefficient (Wildman–Crippen LogP) is 2.93. The van der Waals surface area contributed by atoms with E-state index >= 15 is 0 Å². The molecule has 0 aromatic carbocycles. The fourth-order valence-electron chi connectivity index (χ4n) is 2.47. The third-order valence-electron chi connectivity index (χ3n) is 3.79. The van der Waals surface area contributed by atoms with Crippen LogP contribution >= 0.6 is 11.3 Å². The molecule has 0 bridgehead atoms. The molecule has 0 atom stereocenters. The van der Waals surface area contributed by atoms with Crippen LogP contribution in [0.1, 0.15) is 39.6 Å². The van der Waals surface area contributed by atoms with E-state index in [1.54, 1.807) is 35.7 Å². The molecule has 28 heavy (non-hydrogen) atoms. The third kappa shape index (κ3) is 4.37. The van der Waals surface area contributed by atoms with Gasteiger partial charge in [-0.3, -0.25) is 4.79 Å². The van der Waals surface area contributed by atoms with Crippen LogP contribution in [-0.4, -0.2) is 40.4 Å². The zero-order valence-corrected chi connectivity index (χ0v) is 16.2. The van der Waals surface area contributed by atoms with E-state index in [9.17, 15) is 14.4 Å². The van der Waals surface area contributed by atoms with Gasteiger partial charge in [-0.1, -0.05) is 13.0 Å². The normalized spacial score (nSPS) is 10.6. The second-order valence-corrected chi connectivity index (χ2v) is 6.88. The Labute approximate surface area is 165 Å². The van der Waals surface area contributed by atoms with Crippen LogP contribution in [0.5, 0.6) is 0 Å². The first-order chi connectivity index (χ1) is 13.5. The highest BCUT2D eigenvalue weighted by Gasteiger charge is 2.20. The van der Waals surface area contributed by atoms with Crippen molar-refractivity contribution >= 4 is 39.8 Å². The minimum atomic E-state index is -0.704. The lowest BCUT2D eigenvalue weighted by molar-refractivity contribution is -0.119. The Morgan fingerprint density at radius 1 is 1.18 bits per heavy atom. The van der Waals surface area contributed by atoms with Gasteiger partial charge in [0.05, 0.1) is 12.2 Å². The van der Waals surface area contributed by atoms with E-state index in [2.05, 4.69) is 10.3 Å². The quantitative estimate of drug-likeness (QED) is 0.611. The molecule has 3 aromatic rings. The Balaban J connectivity index is 1.63. The van der Waals surface area contributed by atoms with Gasteiger partial charge in [0, 0.05) is 17.3 Å². The number of anilines is 1. The molecule has 0 saturated heterocycles. The van der Waals surface area contributed by atoms with Gasteiger partial charge in [0.15, 0.2) is 12.3 Å². The van der Waals surface area contributed by atoms with Gasteiger partial charge in [0.2, 0.25) is 0 Å². The molecule has 0 saturated carbocycles. The topological polar surface area (TPSA) is 99.0 Å². The largest absolute Gasteiger partial charge is 0.462 e. The fraction of sp³-hybridized carbons (Fsp3) is 0.263. The average molecular weight is 401 g/mol. The molecule has 0 aliphatic rings. The first kappa shape index (κ1) is 19.6. The monoisotopic (exact) mass is 401 g/mol. The number of ether oxygens (including phenoxy) is 2. The van der Waals surface area contributed by atoms with Gasteiger partial charge < -0.3 is 19.2 Å². The number of nitrogens with one attached hydrogen (secondary N) is 1. The number of hydrogen-bond donors (Lipinski definition) is 1. The Bertz CT molecular complexity index is 991. The molecule has 0 fully saturated rings. The molecule has 0 unspecified atom stereocenters. The standard InChI is InChI=1S/C19H19N3O5S/c1-3-12-9-13(18(24)26-4-2)17(28-12)21-16(23)11-27-19(25)14-10-22-8-6-5-7-15(22)20-14/h5-10H,3-4,11H2,1-2H3,(H,21,23). The molecule has 0 spiro atoms. The molecule has 3 aromatic heterocycles. The van der Waals surface area contributed by atoms with Crippen LogP contribution < -0.4 is 5.32 Å². The maximum atomic E-state index is 12.2. The maximum Gasteiger partial charge on any atom is 0.359 e. The number of carbonyl (C=O) groups excluding carboxylic acids is 3. The van der Waals surface area contributed by atoms with E-state index in [1.165, 1.54) is 17.5 Å². The zero-order valence-electron chi connectivity index (χ0n) is 15.4. The molecule has 8 nitrogen and oxygen atoms in total. The van der Waals surface area contributed by atoms with E-state index in [0.717, 1.165) is 11.3 Å². The van der Waals surface area contributed by atoms with Crippen molar-refractivity contribution in [3.63, 3.8) is 0 Å². The van der Waals surface area contributed by atoms with E-state index in [-0.39, 0.29) is 12.3 Å². The van der Waals surface area contributed by atoms with Crippen LogP contribution in [0.15, 0.2) is 36.7 Å². The highest BCUT2D eigenvalue weighted by atomic mass is 32.1. The van der Waals surface area contributed by atoms with Crippen molar-refractivity contribution in [3.8, 4) is 0 Å². The molecular formula is C19H19N3O5S. The van der Waals surface area contributed by atoms with Crippen molar-refractivity contribution < 1.29 is 23.9 Å². The Morgan fingerprint density at radius 3 is 2.71 bits per heavy atom. The van der Waals surface area contributed by atoms with Gasteiger partial charge in [-0.25, -0.2) is 14.6 Å². The number of imidazole rings is 1. The predicted molar refractivity (Wildman–Crippen MR) is 104 cm³/mol. The number of fused-ring (bicyclic) bond motifs is 1. The molecule has 0 aliphatic heterocycles. The SMILES string of the molecule is CCOC(=O)c1cc(CC)sc1NC(=O)COC(=O)c1cn2ccccc2n1. The fourth-order valence-corrected chi connectivity index (χ4v) is 3.47. The number of aryl methyl sites for hydroxylation is 1. The third-order valence-corrected chi connectivity index (χ3v) is 4.98. The summed E-state index contributed by atoms with van der Waals surface area (Å²) in [5.74, 6) is -1.76. The number of carbonyl (C=O) groups is 3. The van der Waals surface area contributed by atoms with E-state index in [1.807, 2.05) is 13.0 Å². The summed E-state index contributed by atoms with van der Waals surface area (Å²) in [6.07, 6.45) is 4.00. The van der Waals surface area contributed by atoms with Crippen LogP contribution in [0.25, 0.3) is 5.65 Å². The summed E-state index contributed by atoms with van der Waals surface area (Å²) >= 11 is 1.29. The van der Waals surface area contributed by atoms with Crippen molar-refractivity contribution in [2.75, 3.05) is 18.5 Å². The number of hydrogen-bond acceptors (Lipinski definition) is 7. The minimum absolute atomic E-state index is 0.107. The maximum absolute atomic E-state index is 12.2. The van der Waals surface area contributed by atoms with Crippen molar-refractivity contribution in [2.45, 2.75) is 20.3 Å². The molecule has 9 heteroatoms. The summed E-state index contributed by atoms with van der Waals surface area (Å²) in [5, 5.41) is 2.99. The number of thiophene rings is 1. The smallest absolute Gasteiger partial charge is 0.359 e. The number of rotatable bonds is 7. The van der Waals surface area contributed by atoms with Crippen molar-refractivity contribution in [1.29, 1.82) is 0 Å². The van der Waals surface area contributed by atoms with Gasteiger partial charge in [0.25, 0.3) is 5.91 Å². The Kier molecular flexibility index (Phi) is 6.05. The second-order valence-electron chi connectivity index (χ2n) is 5.75. The summed E-state index contributed by atoms with van der Waals surface area (Å²) in [4.78, 5) is 41.4. The first-order valence-corrected chi connectivity index (χ1v) is 9.54. The van der Waals surface area contributed by atoms with Gasteiger partial charge in [-0.15, -0.1) is 11.3 Å². The molecular weight excluding hydrogens is 382 g/mol. The highest BCUT2D eigenvalue weighted by Crippen LogP contribution is 2.29. The number of pyridine rings is 1. The highest BCUT2D eigenvalue weighted by molar-refractivity contribution is 7.16. The van der Waals surface area contributed by atoms with Gasteiger partial charge in [-0.05, 0) is 31.5 Å². The molecule has 3 heterocycles. The van der Waals surface area contributed by atoms with Crippen molar-refractivity contribution in [1.82, 2.24) is 9.38 Å². The van der Waals surface area contributed by atoms with Gasteiger partial charge in [0.1, 0.15) is 10.6 Å². The summed E-state index contributed by atoms with van der Waals surface area (Å²) in [7, 11) is 0. The van der Waals surface area contributed by atoms with E-state index in [0.29, 0.717) is 16.2 Å². The van der Waals surface area contributed by atoms with Gasteiger partial charge >= 0.3 is 11.9 Å². The summed E-state index contributed by atoms with van der Waals surface area (Å²) in [5.41, 5.74) is 1.00. The summed E-state index contributed by atoms with van der Waals surface area (Å²) < 4.78 is 11.7. The lowest BCUT2D eigenvalue weighted by Gasteiger charge is -2.06. The number of nitrogens with zero attached hydrogens (tertiary/aromatic N) is 2. The summed E-state index contributed by atoms with van der Waals surface area (Å²) in [6, 6.07) is 7.06. The average Bonchev–Trinajstić information content (AvgIpc) is 3.30. The number of aromatic nitrogens is 2. The van der Waals surface area contributed by atoms with Crippen LogP contribution in [0.4, 0.5) is 5.00 Å². The molecule has 3 rings (SSSR count). The molecule has 146 valence electrons. The molecule has 1 N–H and O–H groups in total. The summed E-state index contributed by atoms with van der Waals surface area (Å²) in [6.45, 7) is 3.40. The lowest BCUT2D eigenvalue weighted by Crippen LogP contribution is -2.21. The number of amides is 1. The minimum Gasteiger partial charge on any atom is -0.462 e. The molecule has 0 aliphatic carbocycles. The van der Waals surface area contributed by atoms with Crippen LogP contribution in [0.3, 0.4) is 0 Å².